The fraction of sp³-hybridized carbons (Fsp3) is 0.174. The van der Waals surface area contributed by atoms with E-state index in [4.69, 9.17) is 4.74 Å². The SMILES string of the molecule is CCOC(=O)Cc1cnc(-c2ccccc2)c(Cc2nc3c(F)c(F)cc(F)c3s2)c1. The van der Waals surface area contributed by atoms with Gasteiger partial charge in [-0.05, 0) is 18.1 Å². The molecule has 0 bridgehead atoms. The average molecular weight is 442 g/mol. The highest BCUT2D eigenvalue weighted by atomic mass is 32.1. The van der Waals surface area contributed by atoms with Gasteiger partial charge >= 0.3 is 5.97 Å². The highest BCUT2D eigenvalue weighted by Crippen LogP contribution is 2.32. The van der Waals surface area contributed by atoms with E-state index in [9.17, 15) is 18.0 Å². The molecule has 0 aliphatic rings. The number of fused-ring (bicyclic) bond motifs is 1. The summed E-state index contributed by atoms with van der Waals surface area (Å²) in [4.78, 5) is 20.5. The number of thiazole rings is 1. The van der Waals surface area contributed by atoms with Crippen LogP contribution in [0.5, 0.6) is 0 Å². The smallest absolute Gasteiger partial charge is 0.310 e. The van der Waals surface area contributed by atoms with E-state index in [1.54, 1.807) is 13.1 Å². The van der Waals surface area contributed by atoms with Gasteiger partial charge in [0, 0.05) is 24.2 Å². The lowest BCUT2D eigenvalue weighted by molar-refractivity contribution is -0.142. The standard InChI is InChI=1S/C23H17F3N2O2S/c1-2-30-19(29)9-13-8-15(21(27-12-13)14-6-4-3-5-7-14)10-18-28-22-20(26)16(24)11-17(25)23(22)31-18/h3-8,11-12H,2,9-10H2,1H3. The maximum absolute atomic E-state index is 14.1. The van der Waals surface area contributed by atoms with Crippen molar-refractivity contribution in [3.8, 4) is 11.3 Å². The number of pyridine rings is 1. The minimum Gasteiger partial charge on any atom is -0.466 e. The number of rotatable bonds is 6. The Hall–Kier alpha value is -3.26. The summed E-state index contributed by atoms with van der Waals surface area (Å²) in [6.45, 7) is 2.01. The Kier molecular flexibility index (Phi) is 5.99. The van der Waals surface area contributed by atoms with Crippen LogP contribution in [0.25, 0.3) is 21.5 Å². The number of carbonyl (C=O) groups excluding carboxylic acids is 1. The lowest BCUT2D eigenvalue weighted by Gasteiger charge is -2.10. The maximum atomic E-state index is 14.1. The number of esters is 1. The van der Waals surface area contributed by atoms with Crippen molar-refractivity contribution in [1.29, 1.82) is 0 Å². The van der Waals surface area contributed by atoms with Gasteiger partial charge in [-0.15, -0.1) is 11.3 Å². The maximum Gasteiger partial charge on any atom is 0.310 e. The third kappa shape index (κ3) is 4.44. The molecule has 2 aromatic carbocycles. The number of halogens is 3. The van der Waals surface area contributed by atoms with Crippen LogP contribution in [0.3, 0.4) is 0 Å². The number of nitrogens with zero attached hydrogens (tertiary/aromatic N) is 2. The van der Waals surface area contributed by atoms with E-state index in [2.05, 4.69) is 9.97 Å². The molecule has 158 valence electrons. The first kappa shape index (κ1) is 21.0. The first-order valence-electron chi connectivity index (χ1n) is 9.58. The van der Waals surface area contributed by atoms with Crippen molar-refractivity contribution >= 4 is 27.5 Å². The largest absolute Gasteiger partial charge is 0.466 e. The number of aromatic nitrogens is 2. The zero-order valence-corrected chi connectivity index (χ0v) is 17.3. The van der Waals surface area contributed by atoms with Gasteiger partial charge in [0.05, 0.1) is 28.4 Å². The van der Waals surface area contributed by atoms with Gasteiger partial charge in [-0.1, -0.05) is 36.4 Å². The van der Waals surface area contributed by atoms with Crippen molar-refractivity contribution in [3.05, 3.63) is 82.2 Å². The zero-order valence-electron chi connectivity index (χ0n) is 16.5. The summed E-state index contributed by atoms with van der Waals surface area (Å²) >= 11 is 0.961. The van der Waals surface area contributed by atoms with Gasteiger partial charge in [0.1, 0.15) is 11.3 Å². The fourth-order valence-corrected chi connectivity index (χ4v) is 4.28. The predicted molar refractivity (Wildman–Crippen MR) is 112 cm³/mol. The van der Waals surface area contributed by atoms with Crippen molar-refractivity contribution in [2.45, 2.75) is 19.8 Å². The first-order valence-corrected chi connectivity index (χ1v) is 10.4. The van der Waals surface area contributed by atoms with E-state index in [-0.39, 0.29) is 35.6 Å². The summed E-state index contributed by atoms with van der Waals surface area (Å²) in [6.07, 6.45) is 1.88. The van der Waals surface area contributed by atoms with Crippen LogP contribution in [-0.4, -0.2) is 22.5 Å². The Bertz CT molecular complexity index is 1260. The molecule has 0 fully saturated rings. The number of hydrogen-bond donors (Lipinski definition) is 0. The van der Waals surface area contributed by atoms with E-state index in [1.165, 1.54) is 0 Å². The van der Waals surface area contributed by atoms with Crippen molar-refractivity contribution in [1.82, 2.24) is 9.97 Å². The zero-order chi connectivity index (χ0) is 22.0. The lowest BCUT2D eigenvalue weighted by atomic mass is 10.0. The summed E-state index contributed by atoms with van der Waals surface area (Å²) in [5.74, 6) is -3.67. The molecule has 0 N–H and O–H groups in total. The van der Waals surface area contributed by atoms with E-state index in [0.29, 0.717) is 22.3 Å². The molecule has 4 rings (SSSR count). The number of ether oxygens (including phenoxy) is 1. The summed E-state index contributed by atoms with van der Waals surface area (Å²) in [5.41, 5.74) is 2.57. The molecule has 0 saturated carbocycles. The Labute approximate surface area is 180 Å². The van der Waals surface area contributed by atoms with Gasteiger partial charge < -0.3 is 4.74 Å². The molecular formula is C23H17F3N2O2S. The molecule has 0 unspecified atom stereocenters. The average Bonchev–Trinajstić information content (AvgIpc) is 3.18. The second kappa shape index (κ2) is 8.85. The molecule has 0 aliphatic carbocycles. The normalized spacial score (nSPS) is 11.1. The molecule has 0 aliphatic heterocycles. The van der Waals surface area contributed by atoms with Crippen LogP contribution < -0.4 is 0 Å². The lowest BCUT2D eigenvalue weighted by Crippen LogP contribution is -2.08. The van der Waals surface area contributed by atoms with Gasteiger partial charge in [0.2, 0.25) is 0 Å². The van der Waals surface area contributed by atoms with Crippen LogP contribution in [-0.2, 0) is 22.4 Å². The Morgan fingerprint density at radius 2 is 1.87 bits per heavy atom. The van der Waals surface area contributed by atoms with E-state index < -0.39 is 17.5 Å². The van der Waals surface area contributed by atoms with Crippen LogP contribution in [0.15, 0.2) is 48.7 Å². The molecule has 8 heteroatoms. The van der Waals surface area contributed by atoms with Crippen molar-refractivity contribution in [2.75, 3.05) is 6.61 Å². The van der Waals surface area contributed by atoms with Crippen molar-refractivity contribution in [2.24, 2.45) is 0 Å². The monoisotopic (exact) mass is 442 g/mol. The Balaban J connectivity index is 1.76. The second-order valence-electron chi connectivity index (χ2n) is 6.82. The fourth-order valence-electron chi connectivity index (χ4n) is 3.29. The van der Waals surface area contributed by atoms with Gasteiger partial charge in [-0.3, -0.25) is 9.78 Å². The molecule has 0 amide bonds. The number of hydrogen-bond acceptors (Lipinski definition) is 5. The van der Waals surface area contributed by atoms with Gasteiger partial charge in [-0.2, -0.15) is 0 Å². The van der Waals surface area contributed by atoms with Gasteiger partial charge in [0.25, 0.3) is 0 Å². The minimum atomic E-state index is -1.27. The second-order valence-corrected chi connectivity index (χ2v) is 7.90. The van der Waals surface area contributed by atoms with E-state index >= 15 is 0 Å². The topological polar surface area (TPSA) is 52.1 Å². The molecule has 0 spiro atoms. The van der Waals surface area contributed by atoms with Crippen LogP contribution in [0.4, 0.5) is 13.2 Å². The minimum absolute atomic E-state index is 0.0363. The molecular weight excluding hydrogens is 425 g/mol. The Morgan fingerprint density at radius 1 is 1.10 bits per heavy atom. The van der Waals surface area contributed by atoms with Crippen LogP contribution in [0, 0.1) is 17.5 Å². The quantitative estimate of drug-likeness (QED) is 0.293. The number of benzene rings is 2. The Morgan fingerprint density at radius 3 is 2.61 bits per heavy atom. The molecule has 4 aromatic rings. The molecule has 0 saturated heterocycles. The molecule has 4 nitrogen and oxygen atoms in total. The van der Waals surface area contributed by atoms with Crippen molar-refractivity contribution in [3.63, 3.8) is 0 Å². The third-order valence-corrected chi connectivity index (χ3v) is 5.69. The van der Waals surface area contributed by atoms with E-state index in [0.717, 1.165) is 22.5 Å². The predicted octanol–water partition coefficient (Wildman–Crippen LogP) is 5.47. The van der Waals surface area contributed by atoms with Crippen LogP contribution in [0.1, 0.15) is 23.1 Å². The molecule has 2 heterocycles. The van der Waals surface area contributed by atoms with E-state index in [1.807, 2.05) is 36.4 Å². The highest BCUT2D eigenvalue weighted by Gasteiger charge is 2.19. The third-order valence-electron chi connectivity index (χ3n) is 4.63. The summed E-state index contributed by atoms with van der Waals surface area (Å²) in [5, 5.41) is 0.408. The summed E-state index contributed by atoms with van der Waals surface area (Å²) < 4.78 is 46.7. The van der Waals surface area contributed by atoms with Gasteiger partial charge in [-0.25, -0.2) is 18.2 Å². The molecule has 0 radical (unpaired) electrons. The van der Waals surface area contributed by atoms with Crippen LogP contribution in [0.2, 0.25) is 0 Å². The molecule has 2 aromatic heterocycles. The summed E-state index contributed by atoms with van der Waals surface area (Å²) in [6, 6.07) is 11.7. The first-order chi connectivity index (χ1) is 15.0. The van der Waals surface area contributed by atoms with Crippen LogP contribution >= 0.6 is 11.3 Å². The van der Waals surface area contributed by atoms with Crippen molar-refractivity contribution < 1.29 is 22.7 Å². The summed E-state index contributed by atoms with van der Waals surface area (Å²) in [7, 11) is 0. The molecule has 0 atom stereocenters. The highest BCUT2D eigenvalue weighted by molar-refractivity contribution is 7.18. The molecule has 31 heavy (non-hydrogen) atoms. The van der Waals surface area contributed by atoms with Gasteiger partial charge in [0.15, 0.2) is 11.6 Å². The number of carbonyl (C=O) groups is 1.